The van der Waals surface area contributed by atoms with E-state index in [1.165, 1.54) is 17.6 Å². The summed E-state index contributed by atoms with van der Waals surface area (Å²) in [6.45, 7) is 1.82. The van der Waals surface area contributed by atoms with Crippen LogP contribution in [0.5, 0.6) is 0 Å². The second-order valence-corrected chi connectivity index (χ2v) is 5.61. The van der Waals surface area contributed by atoms with Gasteiger partial charge < -0.3 is 0 Å². The molecule has 78 valence electrons. The van der Waals surface area contributed by atoms with E-state index in [1.54, 1.807) is 18.2 Å². The third-order valence-electron chi connectivity index (χ3n) is 2.00. The molecule has 1 aromatic carbocycles. The largest absolute Gasteiger partial charge is 0.273 e. The lowest BCUT2D eigenvalue weighted by Gasteiger charge is -2.18. The van der Waals surface area contributed by atoms with Gasteiger partial charge in [0, 0.05) is 12.1 Å². The number of hydrogen-bond donors (Lipinski definition) is 0. The summed E-state index contributed by atoms with van der Waals surface area (Å²) in [4.78, 5) is 0. The fourth-order valence-corrected chi connectivity index (χ4v) is 1.94. The van der Waals surface area contributed by atoms with Crippen molar-refractivity contribution >= 4 is 27.3 Å². The monoisotopic (exact) mass is 233 g/mol. The van der Waals surface area contributed by atoms with Crippen LogP contribution in [-0.4, -0.2) is 21.7 Å². The molecule has 0 saturated carbocycles. The highest BCUT2D eigenvalue weighted by Gasteiger charge is 2.13. The number of nitrogens with zero attached hydrogens (tertiary/aromatic N) is 1. The molecule has 0 radical (unpaired) electrons. The van der Waals surface area contributed by atoms with Gasteiger partial charge in [-0.2, -0.15) is 0 Å². The van der Waals surface area contributed by atoms with Gasteiger partial charge >= 0.3 is 0 Å². The van der Waals surface area contributed by atoms with Crippen LogP contribution >= 0.6 is 11.6 Å². The predicted molar refractivity (Wildman–Crippen MR) is 59.4 cm³/mol. The smallest absolute Gasteiger partial charge is 0.232 e. The maximum Gasteiger partial charge on any atom is 0.232 e. The van der Waals surface area contributed by atoms with Crippen LogP contribution in [0.4, 0.5) is 5.69 Å². The first-order chi connectivity index (χ1) is 6.32. The highest BCUT2D eigenvalue weighted by atomic mass is 35.5. The summed E-state index contributed by atoms with van der Waals surface area (Å²) in [5.74, 6) is 0. The van der Waals surface area contributed by atoms with Gasteiger partial charge in [0.15, 0.2) is 0 Å². The first kappa shape index (κ1) is 11.3. The Morgan fingerprint density at radius 3 is 2.36 bits per heavy atom. The van der Waals surface area contributed by atoms with Gasteiger partial charge in [0.1, 0.15) is 0 Å². The summed E-state index contributed by atoms with van der Waals surface area (Å²) in [5.41, 5.74) is 1.49. The second kappa shape index (κ2) is 3.79. The van der Waals surface area contributed by atoms with Crippen molar-refractivity contribution in [3.63, 3.8) is 0 Å². The molecule has 0 unspecified atom stereocenters. The van der Waals surface area contributed by atoms with Crippen molar-refractivity contribution in [2.75, 3.05) is 17.6 Å². The maximum atomic E-state index is 11.3. The van der Waals surface area contributed by atoms with E-state index in [1.807, 2.05) is 6.92 Å². The van der Waals surface area contributed by atoms with Crippen molar-refractivity contribution in [3.8, 4) is 0 Å². The van der Waals surface area contributed by atoms with Crippen LogP contribution in [-0.2, 0) is 10.0 Å². The van der Waals surface area contributed by atoms with E-state index < -0.39 is 10.0 Å². The molecule has 1 rings (SSSR count). The van der Waals surface area contributed by atoms with Crippen LogP contribution in [0.2, 0.25) is 5.02 Å². The molecule has 0 bridgehead atoms. The van der Waals surface area contributed by atoms with Gasteiger partial charge in [-0.25, -0.2) is 8.42 Å². The lowest BCUT2D eigenvalue weighted by molar-refractivity contribution is 0.600. The molecule has 14 heavy (non-hydrogen) atoms. The zero-order valence-corrected chi connectivity index (χ0v) is 9.85. The van der Waals surface area contributed by atoms with Gasteiger partial charge in [-0.05, 0) is 30.7 Å². The van der Waals surface area contributed by atoms with Gasteiger partial charge in [0.05, 0.1) is 11.9 Å². The zero-order valence-electron chi connectivity index (χ0n) is 8.28. The van der Waals surface area contributed by atoms with Gasteiger partial charge in [0.25, 0.3) is 0 Å². The van der Waals surface area contributed by atoms with E-state index in [9.17, 15) is 8.42 Å². The van der Waals surface area contributed by atoms with Crippen molar-refractivity contribution < 1.29 is 8.42 Å². The molecule has 0 saturated heterocycles. The molecule has 0 aromatic heterocycles. The number of aryl methyl sites for hydroxylation is 1. The highest BCUT2D eigenvalue weighted by Crippen LogP contribution is 2.23. The number of rotatable bonds is 2. The molecule has 0 aliphatic heterocycles. The Hall–Kier alpha value is -0.740. The number of benzene rings is 1. The molecular weight excluding hydrogens is 222 g/mol. The average molecular weight is 234 g/mol. The Balaban J connectivity index is 3.21. The van der Waals surface area contributed by atoms with E-state index in [-0.39, 0.29) is 0 Å². The Labute approximate surface area is 89.4 Å². The Kier molecular flexibility index (Phi) is 3.07. The van der Waals surface area contributed by atoms with Gasteiger partial charge in [-0.3, -0.25) is 4.31 Å². The van der Waals surface area contributed by atoms with Crippen molar-refractivity contribution in [3.05, 3.63) is 28.8 Å². The van der Waals surface area contributed by atoms with Crippen LogP contribution in [0.25, 0.3) is 0 Å². The molecule has 0 N–H and O–H groups in total. The van der Waals surface area contributed by atoms with E-state index in [0.717, 1.165) is 5.56 Å². The summed E-state index contributed by atoms with van der Waals surface area (Å²) in [6.07, 6.45) is 1.17. The fourth-order valence-electron chi connectivity index (χ4n) is 1.15. The van der Waals surface area contributed by atoms with Crippen molar-refractivity contribution in [2.24, 2.45) is 0 Å². The number of hydrogen-bond acceptors (Lipinski definition) is 2. The topological polar surface area (TPSA) is 37.4 Å². The maximum absolute atomic E-state index is 11.3. The molecule has 3 nitrogen and oxygen atoms in total. The molecule has 0 heterocycles. The first-order valence-corrected chi connectivity index (χ1v) is 6.25. The number of anilines is 1. The lowest BCUT2D eigenvalue weighted by atomic mass is 10.2. The van der Waals surface area contributed by atoms with Crippen LogP contribution in [0.3, 0.4) is 0 Å². The molecule has 0 amide bonds. The third-order valence-corrected chi connectivity index (χ3v) is 3.42. The molecule has 0 spiro atoms. The van der Waals surface area contributed by atoms with E-state index in [0.29, 0.717) is 10.7 Å². The van der Waals surface area contributed by atoms with Crippen LogP contribution in [0.15, 0.2) is 18.2 Å². The molecule has 0 aliphatic carbocycles. The zero-order chi connectivity index (χ0) is 10.9. The lowest BCUT2D eigenvalue weighted by Crippen LogP contribution is -2.25. The molecule has 1 aromatic rings. The Bertz CT molecular complexity index is 442. The van der Waals surface area contributed by atoms with E-state index >= 15 is 0 Å². The van der Waals surface area contributed by atoms with Crippen LogP contribution < -0.4 is 4.31 Å². The quantitative estimate of drug-likeness (QED) is 0.784. The Morgan fingerprint density at radius 1 is 1.36 bits per heavy atom. The van der Waals surface area contributed by atoms with Gasteiger partial charge in [0.2, 0.25) is 10.0 Å². The first-order valence-electron chi connectivity index (χ1n) is 4.02. The van der Waals surface area contributed by atoms with Gasteiger partial charge in [-0.1, -0.05) is 11.6 Å². The molecular formula is C9H12ClNO2S. The minimum absolute atomic E-state index is 0.605. The van der Waals surface area contributed by atoms with E-state index in [4.69, 9.17) is 11.6 Å². The highest BCUT2D eigenvalue weighted by molar-refractivity contribution is 7.92. The average Bonchev–Trinajstić information content (AvgIpc) is 2.01. The van der Waals surface area contributed by atoms with Crippen molar-refractivity contribution in [2.45, 2.75) is 6.92 Å². The fraction of sp³-hybridized carbons (Fsp3) is 0.333. The summed E-state index contributed by atoms with van der Waals surface area (Å²) >= 11 is 5.77. The predicted octanol–water partition coefficient (Wildman–Crippen LogP) is 2.04. The van der Waals surface area contributed by atoms with Crippen LogP contribution in [0.1, 0.15) is 5.56 Å². The SMILES string of the molecule is Cc1cc(Cl)ccc1N(C)S(C)(=O)=O. The molecule has 0 fully saturated rings. The summed E-state index contributed by atoms with van der Waals surface area (Å²) < 4.78 is 23.8. The van der Waals surface area contributed by atoms with Crippen molar-refractivity contribution in [1.29, 1.82) is 0 Å². The number of sulfonamides is 1. The minimum Gasteiger partial charge on any atom is -0.273 e. The standard InChI is InChI=1S/C9H12ClNO2S/c1-7-6-8(10)4-5-9(7)11(2)14(3,12)13/h4-6H,1-3H3. The summed E-state index contributed by atoms with van der Waals surface area (Å²) in [5, 5.41) is 0.605. The van der Waals surface area contributed by atoms with Crippen molar-refractivity contribution in [1.82, 2.24) is 0 Å². The van der Waals surface area contributed by atoms with Gasteiger partial charge in [-0.15, -0.1) is 0 Å². The Morgan fingerprint density at radius 2 is 1.93 bits per heavy atom. The molecule has 5 heteroatoms. The molecule has 0 aliphatic rings. The summed E-state index contributed by atoms with van der Waals surface area (Å²) in [7, 11) is -1.68. The number of halogens is 1. The third kappa shape index (κ3) is 2.39. The molecule has 0 atom stereocenters. The normalized spacial score (nSPS) is 11.4. The van der Waals surface area contributed by atoms with E-state index in [2.05, 4.69) is 0 Å². The summed E-state index contributed by atoms with van der Waals surface area (Å²) in [6, 6.07) is 5.10. The van der Waals surface area contributed by atoms with Crippen LogP contribution in [0, 0.1) is 6.92 Å². The second-order valence-electron chi connectivity index (χ2n) is 3.16. The minimum atomic E-state index is -3.20.